The van der Waals surface area contributed by atoms with Gasteiger partial charge in [0.1, 0.15) is 0 Å². The van der Waals surface area contributed by atoms with Crippen LogP contribution in [-0.2, 0) is 5.41 Å². The van der Waals surface area contributed by atoms with Gasteiger partial charge in [0.25, 0.3) is 0 Å². The first-order valence-corrected chi connectivity index (χ1v) is 24.3. The lowest BCUT2D eigenvalue weighted by molar-refractivity contribution is 0.754. The molecule has 3 heteroatoms. The van der Waals surface area contributed by atoms with Gasteiger partial charge in [-0.3, -0.25) is 0 Å². The quantitative estimate of drug-likeness (QED) is 0.168. The van der Waals surface area contributed by atoms with Crippen molar-refractivity contribution in [2.24, 2.45) is 0 Å². The van der Waals surface area contributed by atoms with Crippen LogP contribution in [0.5, 0.6) is 0 Å². The van der Waals surface area contributed by atoms with Crippen molar-refractivity contribution in [3.63, 3.8) is 0 Å². The molecule has 0 saturated heterocycles. The highest BCUT2D eigenvalue weighted by Crippen LogP contribution is 2.65. The van der Waals surface area contributed by atoms with Crippen LogP contribution in [0.1, 0.15) is 22.3 Å². The average Bonchev–Trinajstić information content (AvgIpc) is 4.04. The van der Waals surface area contributed by atoms with E-state index in [1.54, 1.807) is 0 Å². The van der Waals surface area contributed by atoms with Crippen LogP contribution in [0.25, 0.3) is 88.4 Å². The van der Waals surface area contributed by atoms with Crippen LogP contribution in [-0.4, -0.2) is 9.13 Å². The SMILES string of the molecule is c1ccc(-c2cc(-c3ccccc3)cc(-n3c4ccccc4c4cc5c(cc43)C3(c4cc6c(cc4-5)c4ccccc4n6-c4ccccc4)c4ccccc4N(c4ccccc4)c4ccccc43)c2)cc1. The lowest BCUT2D eigenvalue weighted by Gasteiger charge is -2.45. The highest BCUT2D eigenvalue weighted by molar-refractivity contribution is 6.16. The molecule has 326 valence electrons. The van der Waals surface area contributed by atoms with E-state index in [0.717, 1.165) is 17.1 Å². The molecular weight excluding hydrogens is 847 g/mol. The maximum atomic E-state index is 2.57. The minimum absolute atomic E-state index is 0.689. The van der Waals surface area contributed by atoms with Crippen LogP contribution < -0.4 is 4.90 Å². The van der Waals surface area contributed by atoms with Gasteiger partial charge >= 0.3 is 0 Å². The third-order valence-corrected chi connectivity index (χ3v) is 15.2. The third-order valence-electron chi connectivity index (χ3n) is 15.2. The Morgan fingerprint density at radius 2 is 0.643 bits per heavy atom. The van der Waals surface area contributed by atoms with E-state index >= 15 is 0 Å². The summed E-state index contributed by atoms with van der Waals surface area (Å²) in [4.78, 5) is 2.47. The van der Waals surface area contributed by atoms with E-state index in [2.05, 4.69) is 275 Å². The summed E-state index contributed by atoms with van der Waals surface area (Å²) in [7, 11) is 0. The number of rotatable bonds is 5. The van der Waals surface area contributed by atoms with Crippen LogP contribution in [0.4, 0.5) is 17.1 Å². The lowest BCUT2D eigenvalue weighted by atomic mass is 9.64. The first-order valence-electron chi connectivity index (χ1n) is 24.3. The average molecular weight is 890 g/mol. The number of benzene rings is 11. The van der Waals surface area contributed by atoms with Crippen molar-refractivity contribution < 1.29 is 0 Å². The van der Waals surface area contributed by atoms with E-state index in [-0.39, 0.29) is 0 Å². The van der Waals surface area contributed by atoms with Crippen molar-refractivity contribution in [2.75, 3.05) is 4.90 Å². The number of para-hydroxylation sites is 6. The number of hydrogen-bond acceptors (Lipinski definition) is 1. The maximum absolute atomic E-state index is 2.57. The van der Waals surface area contributed by atoms with E-state index in [9.17, 15) is 0 Å². The zero-order chi connectivity index (χ0) is 45.9. The van der Waals surface area contributed by atoms with Gasteiger partial charge in [-0.2, -0.15) is 0 Å². The Balaban J connectivity index is 1.10. The van der Waals surface area contributed by atoms with Crippen LogP contribution in [0.2, 0.25) is 0 Å². The molecule has 0 saturated carbocycles. The lowest BCUT2D eigenvalue weighted by Crippen LogP contribution is -2.36. The molecule has 1 spiro atoms. The normalized spacial score (nSPS) is 13.2. The van der Waals surface area contributed by atoms with Gasteiger partial charge in [-0.15, -0.1) is 0 Å². The fourth-order valence-corrected chi connectivity index (χ4v) is 12.4. The van der Waals surface area contributed by atoms with Crippen molar-refractivity contribution in [3.8, 4) is 44.8 Å². The summed E-state index contributed by atoms with van der Waals surface area (Å²) in [5.74, 6) is 0. The summed E-state index contributed by atoms with van der Waals surface area (Å²) < 4.78 is 5.01. The van der Waals surface area contributed by atoms with E-state index in [4.69, 9.17) is 0 Å². The number of fused-ring (bicyclic) bond motifs is 15. The molecule has 0 fully saturated rings. The van der Waals surface area contributed by atoms with Crippen LogP contribution in [0.3, 0.4) is 0 Å². The zero-order valence-electron chi connectivity index (χ0n) is 38.2. The fraction of sp³-hybridized carbons (Fsp3) is 0.0149. The monoisotopic (exact) mass is 889 g/mol. The summed E-state index contributed by atoms with van der Waals surface area (Å²) >= 11 is 0. The molecule has 70 heavy (non-hydrogen) atoms. The molecule has 0 unspecified atom stereocenters. The van der Waals surface area contributed by atoms with Gasteiger partial charge in [0.05, 0.1) is 38.9 Å². The van der Waals surface area contributed by atoms with Gasteiger partial charge in [-0.25, -0.2) is 0 Å². The number of nitrogens with zero attached hydrogens (tertiary/aromatic N) is 3. The minimum atomic E-state index is -0.689. The summed E-state index contributed by atoms with van der Waals surface area (Å²) in [5, 5.41) is 4.96. The third kappa shape index (κ3) is 5.40. The fourth-order valence-electron chi connectivity index (χ4n) is 12.4. The molecule has 0 amide bonds. The Hall–Kier alpha value is -9.18. The predicted molar refractivity (Wildman–Crippen MR) is 292 cm³/mol. The van der Waals surface area contributed by atoms with Crippen molar-refractivity contribution >= 4 is 60.7 Å². The molecule has 2 aromatic heterocycles. The van der Waals surface area contributed by atoms with Crippen molar-refractivity contribution in [3.05, 3.63) is 283 Å². The maximum Gasteiger partial charge on any atom is 0.0755 e. The minimum Gasteiger partial charge on any atom is -0.310 e. The summed E-state index contributed by atoms with van der Waals surface area (Å²) in [5.41, 5.74) is 22.2. The Morgan fingerprint density at radius 3 is 1.14 bits per heavy atom. The van der Waals surface area contributed by atoms with Crippen LogP contribution in [0, 0.1) is 0 Å². The summed E-state index contributed by atoms with van der Waals surface area (Å²) in [6.07, 6.45) is 0. The molecule has 1 aliphatic heterocycles. The van der Waals surface area contributed by atoms with Crippen LogP contribution in [0.15, 0.2) is 261 Å². The smallest absolute Gasteiger partial charge is 0.0755 e. The van der Waals surface area contributed by atoms with Gasteiger partial charge in [0, 0.05) is 38.6 Å². The topological polar surface area (TPSA) is 13.1 Å². The Labute approximate surface area is 406 Å². The molecular formula is C67H43N3. The molecule has 13 aromatic rings. The van der Waals surface area contributed by atoms with Gasteiger partial charge in [-0.1, -0.05) is 170 Å². The molecule has 11 aromatic carbocycles. The second kappa shape index (κ2) is 14.9. The largest absolute Gasteiger partial charge is 0.310 e. The standard InChI is InChI=1S/C67H43N3/c1-5-21-44(22-6-1)46-37-47(45-23-7-2-8-24-45)39-50(38-46)70-62-34-18-14-30-52(62)56-41-54-53-40-55-51-29-13-17-33-61(51)68(48-25-9-3-10-26-48)65(55)42-59(53)67(60(54)43-66(56)70)57-31-15-19-35-63(57)69(49-27-11-4-12-28-49)64-36-20-16-32-58(64)67/h1-43H. The molecule has 3 heterocycles. The second-order valence-corrected chi connectivity index (χ2v) is 18.8. The molecule has 0 radical (unpaired) electrons. The highest BCUT2D eigenvalue weighted by Gasteiger charge is 2.52. The first-order chi connectivity index (χ1) is 34.7. The molecule has 0 N–H and O–H groups in total. The Morgan fingerprint density at radius 1 is 0.243 bits per heavy atom. The van der Waals surface area contributed by atoms with Gasteiger partial charge < -0.3 is 14.0 Å². The van der Waals surface area contributed by atoms with Crippen molar-refractivity contribution in [2.45, 2.75) is 5.41 Å². The first kappa shape index (κ1) is 38.9. The van der Waals surface area contributed by atoms with E-state index in [0.29, 0.717) is 0 Å². The Kier molecular flexibility index (Phi) is 8.28. The highest BCUT2D eigenvalue weighted by atomic mass is 15.2. The number of aromatic nitrogens is 2. The summed E-state index contributed by atoms with van der Waals surface area (Å²) in [6.45, 7) is 0. The zero-order valence-corrected chi connectivity index (χ0v) is 38.2. The van der Waals surface area contributed by atoms with Gasteiger partial charge in [0.2, 0.25) is 0 Å². The predicted octanol–water partition coefficient (Wildman–Crippen LogP) is 17.4. The van der Waals surface area contributed by atoms with E-state index < -0.39 is 5.41 Å². The molecule has 0 bridgehead atoms. The molecule has 3 nitrogen and oxygen atoms in total. The van der Waals surface area contributed by atoms with Crippen molar-refractivity contribution in [1.29, 1.82) is 0 Å². The molecule has 0 atom stereocenters. The van der Waals surface area contributed by atoms with E-state index in [1.165, 1.54) is 111 Å². The molecule has 15 rings (SSSR count). The Bertz CT molecular complexity index is 4120. The van der Waals surface area contributed by atoms with Crippen LogP contribution >= 0.6 is 0 Å². The molecule has 1 aliphatic carbocycles. The van der Waals surface area contributed by atoms with Gasteiger partial charge in [0.15, 0.2) is 0 Å². The number of hydrogen-bond donors (Lipinski definition) is 0. The molecule has 2 aliphatic rings. The van der Waals surface area contributed by atoms with Gasteiger partial charge in [-0.05, 0) is 147 Å². The second-order valence-electron chi connectivity index (χ2n) is 18.8. The summed E-state index contributed by atoms with van der Waals surface area (Å²) in [6, 6.07) is 96.9. The number of anilines is 3. The van der Waals surface area contributed by atoms with E-state index in [1.807, 2.05) is 0 Å². The van der Waals surface area contributed by atoms with Crippen molar-refractivity contribution in [1.82, 2.24) is 9.13 Å².